The molecule has 21 heavy (non-hydrogen) atoms. The lowest BCUT2D eigenvalue weighted by atomic mass is 10.0. The van der Waals surface area contributed by atoms with Crippen molar-refractivity contribution in [2.75, 3.05) is 12.4 Å². The highest BCUT2D eigenvalue weighted by Crippen LogP contribution is 2.17. The van der Waals surface area contributed by atoms with E-state index in [4.69, 9.17) is 21.7 Å². The molecule has 0 aromatic heterocycles. The number of carbonyl (C=O) groups is 2. The Labute approximate surface area is 137 Å². The van der Waals surface area contributed by atoms with Crippen molar-refractivity contribution in [1.29, 1.82) is 0 Å². The predicted molar refractivity (Wildman–Crippen MR) is 91.2 cm³/mol. The van der Waals surface area contributed by atoms with Crippen LogP contribution in [0.2, 0.25) is 0 Å². The quantitative estimate of drug-likeness (QED) is 0.386. The summed E-state index contributed by atoms with van der Waals surface area (Å²) in [6.45, 7) is 7.15. The molecule has 0 spiro atoms. The fourth-order valence-corrected chi connectivity index (χ4v) is 2.49. The van der Waals surface area contributed by atoms with Crippen molar-refractivity contribution in [2.45, 2.75) is 46.6 Å². The lowest BCUT2D eigenvalue weighted by molar-refractivity contribution is -0.153. The van der Waals surface area contributed by atoms with E-state index in [2.05, 4.69) is 12.8 Å². The fraction of sp³-hybridized carbons (Fsp3) is 0.667. The first-order valence-corrected chi connectivity index (χ1v) is 8.06. The van der Waals surface area contributed by atoms with Crippen molar-refractivity contribution >= 4 is 40.1 Å². The van der Waals surface area contributed by atoms with E-state index in [0.29, 0.717) is 19.4 Å². The van der Waals surface area contributed by atoms with Gasteiger partial charge in [-0.3, -0.25) is 9.59 Å². The number of rotatable bonds is 8. The number of ether oxygens (including phenoxy) is 2. The van der Waals surface area contributed by atoms with Gasteiger partial charge in [-0.05, 0) is 26.7 Å². The molecule has 6 heteroatoms. The smallest absolute Gasteiger partial charge is 0.308 e. The average molecular weight is 332 g/mol. The minimum Gasteiger partial charge on any atom is -0.466 e. The largest absolute Gasteiger partial charge is 0.466 e. The highest BCUT2D eigenvalue weighted by atomic mass is 32.2. The first-order valence-electron chi connectivity index (χ1n) is 6.67. The molecule has 0 aliphatic heterocycles. The molecule has 0 N–H and O–H groups in total. The van der Waals surface area contributed by atoms with E-state index in [0.717, 1.165) is 9.95 Å². The molecule has 2 atom stereocenters. The van der Waals surface area contributed by atoms with Crippen molar-refractivity contribution in [2.24, 2.45) is 5.92 Å². The topological polar surface area (TPSA) is 52.6 Å². The van der Waals surface area contributed by atoms with Crippen molar-refractivity contribution in [3.63, 3.8) is 0 Å². The Kier molecular flexibility index (Phi) is 14.7. The molecular formula is C15H24O4S2. The van der Waals surface area contributed by atoms with Gasteiger partial charge in [0.15, 0.2) is 0 Å². The third-order valence-corrected chi connectivity index (χ3v) is 3.58. The van der Waals surface area contributed by atoms with Crippen LogP contribution in [-0.4, -0.2) is 34.6 Å². The number of hydrogen-bond acceptors (Lipinski definition) is 6. The second-order valence-electron chi connectivity index (χ2n) is 4.25. The Morgan fingerprint density at radius 1 is 1.29 bits per heavy atom. The van der Waals surface area contributed by atoms with Crippen LogP contribution in [-0.2, 0) is 19.1 Å². The normalized spacial score (nSPS) is 12.3. The van der Waals surface area contributed by atoms with Crippen LogP contribution < -0.4 is 0 Å². The molecule has 0 aromatic carbocycles. The molecule has 0 rings (SSSR count). The van der Waals surface area contributed by atoms with E-state index >= 15 is 0 Å². The minimum absolute atomic E-state index is 0.252. The van der Waals surface area contributed by atoms with Gasteiger partial charge in [0, 0.05) is 16.9 Å². The minimum atomic E-state index is -0.329. The molecule has 0 aliphatic carbocycles. The summed E-state index contributed by atoms with van der Waals surface area (Å²) in [4.78, 5) is 22.6. The number of thiocarbonyl (C=S) groups is 1. The van der Waals surface area contributed by atoms with Crippen molar-refractivity contribution in [3.05, 3.63) is 0 Å². The van der Waals surface area contributed by atoms with Gasteiger partial charge >= 0.3 is 11.9 Å². The summed E-state index contributed by atoms with van der Waals surface area (Å²) in [5, 5.41) is 0. The van der Waals surface area contributed by atoms with E-state index in [1.807, 2.05) is 6.92 Å². The number of hydrogen-bond donors (Lipinski definition) is 0. The van der Waals surface area contributed by atoms with Crippen LogP contribution in [0.25, 0.3) is 0 Å². The Morgan fingerprint density at radius 2 is 1.86 bits per heavy atom. The third-order valence-electron chi connectivity index (χ3n) is 2.38. The molecule has 0 bridgehead atoms. The summed E-state index contributed by atoms with van der Waals surface area (Å²) in [7, 11) is 0. The average Bonchev–Trinajstić information content (AvgIpc) is 2.40. The molecular weight excluding hydrogens is 308 g/mol. The Bertz CT molecular complexity index is 353. The zero-order chi connectivity index (χ0) is 16.8. The van der Waals surface area contributed by atoms with Gasteiger partial charge in [0.2, 0.25) is 0 Å². The lowest BCUT2D eigenvalue weighted by Gasteiger charge is -2.19. The van der Waals surface area contributed by atoms with Gasteiger partial charge in [0.05, 0.1) is 12.5 Å². The zero-order valence-electron chi connectivity index (χ0n) is 13.1. The van der Waals surface area contributed by atoms with Crippen LogP contribution in [0.1, 0.15) is 40.5 Å². The van der Waals surface area contributed by atoms with Gasteiger partial charge in [-0.1, -0.05) is 19.1 Å². The molecule has 0 saturated heterocycles. The molecule has 0 aliphatic rings. The summed E-state index contributed by atoms with van der Waals surface area (Å²) in [6, 6.07) is 0. The summed E-state index contributed by atoms with van der Waals surface area (Å²) in [5.74, 6) is -0.0747. The second-order valence-corrected chi connectivity index (χ2v) is 6.43. The standard InChI is InChI=1S/C13H22O4S2.C2H2/c1-5-16-13(15)9(2)8-12(17-10(3)14)6-7-19-11(4)18;1-2/h9,12H,5-8H2,1-4H3;1-2H. The second kappa shape index (κ2) is 13.9. The molecule has 0 radical (unpaired) electrons. The number of esters is 2. The van der Waals surface area contributed by atoms with Gasteiger partial charge < -0.3 is 9.47 Å². The highest BCUT2D eigenvalue weighted by molar-refractivity contribution is 8.23. The third kappa shape index (κ3) is 13.7. The fourth-order valence-electron chi connectivity index (χ4n) is 1.57. The number of thioether (sulfide) groups is 1. The molecule has 4 nitrogen and oxygen atoms in total. The van der Waals surface area contributed by atoms with Crippen LogP contribution in [0.5, 0.6) is 0 Å². The highest BCUT2D eigenvalue weighted by Gasteiger charge is 2.21. The van der Waals surface area contributed by atoms with Crippen LogP contribution >= 0.6 is 24.0 Å². The summed E-state index contributed by atoms with van der Waals surface area (Å²) >= 11 is 6.54. The SMILES string of the molecule is C#C.CCOC(=O)C(C)CC(CCSC(C)=S)OC(C)=O. The maximum absolute atomic E-state index is 11.6. The summed E-state index contributed by atoms with van der Waals surface area (Å²) < 4.78 is 11.0. The van der Waals surface area contributed by atoms with Crippen LogP contribution in [0.4, 0.5) is 0 Å². The number of terminal acetylenes is 1. The zero-order valence-corrected chi connectivity index (χ0v) is 14.7. The van der Waals surface area contributed by atoms with Crippen molar-refractivity contribution in [1.82, 2.24) is 0 Å². The molecule has 0 aromatic rings. The lowest BCUT2D eigenvalue weighted by Crippen LogP contribution is -2.25. The van der Waals surface area contributed by atoms with Crippen molar-refractivity contribution in [3.8, 4) is 12.8 Å². The van der Waals surface area contributed by atoms with Gasteiger partial charge in [-0.2, -0.15) is 0 Å². The Morgan fingerprint density at radius 3 is 2.29 bits per heavy atom. The van der Waals surface area contributed by atoms with E-state index < -0.39 is 0 Å². The van der Waals surface area contributed by atoms with Crippen LogP contribution in [0.15, 0.2) is 0 Å². The first kappa shape index (κ1) is 22.2. The molecule has 0 fully saturated rings. The summed E-state index contributed by atoms with van der Waals surface area (Å²) in [6.07, 6.45) is 8.90. The maximum atomic E-state index is 11.6. The van der Waals surface area contributed by atoms with Gasteiger partial charge in [0.25, 0.3) is 0 Å². The van der Waals surface area contributed by atoms with E-state index in [1.54, 1.807) is 25.6 Å². The summed E-state index contributed by atoms with van der Waals surface area (Å²) in [5.41, 5.74) is 0. The molecule has 0 heterocycles. The monoisotopic (exact) mass is 332 g/mol. The van der Waals surface area contributed by atoms with Crippen LogP contribution in [0, 0.1) is 18.8 Å². The van der Waals surface area contributed by atoms with E-state index in [9.17, 15) is 9.59 Å². The van der Waals surface area contributed by atoms with Gasteiger partial charge in [0.1, 0.15) is 6.10 Å². The van der Waals surface area contributed by atoms with Crippen molar-refractivity contribution < 1.29 is 19.1 Å². The first-order chi connectivity index (χ1) is 9.86. The Hall–Kier alpha value is -1.06. The molecule has 0 saturated carbocycles. The van der Waals surface area contributed by atoms with Gasteiger partial charge in [-0.15, -0.1) is 24.6 Å². The molecule has 120 valence electrons. The van der Waals surface area contributed by atoms with E-state index in [1.165, 1.54) is 6.92 Å². The molecule has 2 unspecified atom stereocenters. The van der Waals surface area contributed by atoms with E-state index in [-0.39, 0.29) is 24.0 Å². The number of carbonyl (C=O) groups excluding carboxylic acids is 2. The van der Waals surface area contributed by atoms with Crippen LogP contribution in [0.3, 0.4) is 0 Å². The molecule has 0 amide bonds. The predicted octanol–water partition coefficient (Wildman–Crippen LogP) is 3.23. The van der Waals surface area contributed by atoms with Gasteiger partial charge in [-0.25, -0.2) is 0 Å². The Balaban J connectivity index is 0. The maximum Gasteiger partial charge on any atom is 0.308 e.